The first-order chi connectivity index (χ1) is 6.15. The molecule has 0 bridgehead atoms. The van der Waals surface area contributed by atoms with Gasteiger partial charge in [0.05, 0.1) is 0 Å². The van der Waals surface area contributed by atoms with Gasteiger partial charge in [0.15, 0.2) is 0 Å². The summed E-state index contributed by atoms with van der Waals surface area (Å²) in [6.07, 6.45) is 1.67. The number of phenolic OH excluding ortho intramolecular Hbond substituents is 1. The minimum atomic E-state index is -0.430. The molecule has 1 aromatic carbocycles. The lowest BCUT2D eigenvalue weighted by Gasteiger charge is -2.11. The molecule has 0 fully saturated rings. The first kappa shape index (κ1) is 13.2. The maximum atomic E-state index is 13.2. The summed E-state index contributed by atoms with van der Waals surface area (Å²) in [5.41, 5.74) is 6.21. The largest absolute Gasteiger partial charge is 0.508 e. The van der Waals surface area contributed by atoms with E-state index in [4.69, 9.17) is 10.8 Å². The Morgan fingerprint density at radius 1 is 1.50 bits per heavy atom. The lowest BCUT2D eigenvalue weighted by Crippen LogP contribution is -2.11. The predicted octanol–water partition coefficient (Wildman–Crippen LogP) is 2.75. The highest BCUT2D eigenvalue weighted by molar-refractivity contribution is 5.85. The maximum Gasteiger partial charge on any atom is 0.131 e. The zero-order valence-corrected chi connectivity index (χ0v) is 8.85. The van der Waals surface area contributed by atoms with Crippen LogP contribution in [0.25, 0.3) is 0 Å². The highest BCUT2D eigenvalue weighted by Gasteiger charge is 2.10. The van der Waals surface area contributed by atoms with Crippen molar-refractivity contribution in [1.29, 1.82) is 0 Å². The normalized spacial score (nSPS) is 11.9. The van der Waals surface area contributed by atoms with E-state index in [-0.39, 0.29) is 24.2 Å². The van der Waals surface area contributed by atoms with Gasteiger partial charge in [-0.25, -0.2) is 4.39 Å². The van der Waals surface area contributed by atoms with Crippen LogP contribution < -0.4 is 5.73 Å². The Labute approximate surface area is 89.3 Å². The van der Waals surface area contributed by atoms with Crippen molar-refractivity contribution in [3.05, 3.63) is 29.6 Å². The van der Waals surface area contributed by atoms with Gasteiger partial charge in [0.25, 0.3) is 0 Å². The summed E-state index contributed by atoms with van der Waals surface area (Å²) < 4.78 is 13.2. The number of halogens is 2. The van der Waals surface area contributed by atoms with E-state index in [1.807, 2.05) is 6.92 Å². The molecular weight excluding hydrogens is 205 g/mol. The van der Waals surface area contributed by atoms with Crippen LogP contribution >= 0.6 is 12.4 Å². The molecule has 0 amide bonds. The van der Waals surface area contributed by atoms with E-state index in [2.05, 4.69) is 0 Å². The van der Waals surface area contributed by atoms with Crippen molar-refractivity contribution >= 4 is 12.4 Å². The van der Waals surface area contributed by atoms with Crippen LogP contribution in [0.15, 0.2) is 18.2 Å². The smallest absolute Gasteiger partial charge is 0.131 e. The molecule has 0 aliphatic rings. The van der Waals surface area contributed by atoms with E-state index in [1.54, 1.807) is 0 Å². The molecule has 2 nitrogen and oxygen atoms in total. The van der Waals surface area contributed by atoms with Crippen molar-refractivity contribution in [2.45, 2.75) is 25.8 Å². The summed E-state index contributed by atoms with van der Waals surface area (Å²) in [4.78, 5) is 0. The van der Waals surface area contributed by atoms with Gasteiger partial charge in [-0.1, -0.05) is 19.4 Å². The van der Waals surface area contributed by atoms with E-state index in [9.17, 15) is 4.39 Å². The third-order valence-electron chi connectivity index (χ3n) is 1.98. The Hall–Kier alpha value is -0.800. The second-order valence-corrected chi connectivity index (χ2v) is 3.10. The second kappa shape index (κ2) is 5.83. The van der Waals surface area contributed by atoms with Gasteiger partial charge in [-0.2, -0.15) is 0 Å². The lowest BCUT2D eigenvalue weighted by atomic mass is 10.0. The molecule has 0 aliphatic heterocycles. The molecular formula is C10H15ClFNO. The highest BCUT2D eigenvalue weighted by Crippen LogP contribution is 2.22. The molecule has 0 aliphatic carbocycles. The highest BCUT2D eigenvalue weighted by atomic mass is 35.5. The Morgan fingerprint density at radius 2 is 2.14 bits per heavy atom. The summed E-state index contributed by atoms with van der Waals surface area (Å²) in [6.45, 7) is 2.00. The standard InChI is InChI=1S/C10H14FNO.ClH/c1-2-3-10(12)8-5-4-7(13)6-9(8)11;/h4-6,10,13H,2-3,12H2,1H3;1H/t10-;/m0./s1. The molecule has 14 heavy (non-hydrogen) atoms. The summed E-state index contributed by atoms with van der Waals surface area (Å²) in [6, 6.07) is 3.80. The third-order valence-corrected chi connectivity index (χ3v) is 1.98. The molecule has 80 valence electrons. The Balaban J connectivity index is 0.00000169. The van der Waals surface area contributed by atoms with Crippen molar-refractivity contribution in [1.82, 2.24) is 0 Å². The lowest BCUT2D eigenvalue weighted by molar-refractivity contribution is 0.465. The molecule has 0 saturated carbocycles. The van der Waals surface area contributed by atoms with Gasteiger partial charge in [0, 0.05) is 17.7 Å². The maximum absolute atomic E-state index is 13.2. The fourth-order valence-corrected chi connectivity index (χ4v) is 1.28. The van der Waals surface area contributed by atoms with E-state index in [0.29, 0.717) is 5.56 Å². The summed E-state index contributed by atoms with van der Waals surface area (Å²) in [5, 5.41) is 8.97. The van der Waals surface area contributed by atoms with Crippen LogP contribution in [0.2, 0.25) is 0 Å². The van der Waals surface area contributed by atoms with Gasteiger partial charge in [-0.15, -0.1) is 12.4 Å². The molecule has 1 aromatic rings. The van der Waals surface area contributed by atoms with Crippen LogP contribution in [0.5, 0.6) is 5.75 Å². The van der Waals surface area contributed by atoms with E-state index < -0.39 is 5.82 Å². The van der Waals surface area contributed by atoms with Crippen LogP contribution in [0.1, 0.15) is 31.4 Å². The van der Waals surface area contributed by atoms with Gasteiger partial charge in [-0.05, 0) is 12.5 Å². The van der Waals surface area contributed by atoms with Gasteiger partial charge >= 0.3 is 0 Å². The molecule has 0 saturated heterocycles. The number of nitrogens with two attached hydrogens (primary N) is 1. The first-order valence-electron chi connectivity index (χ1n) is 4.39. The molecule has 1 rings (SSSR count). The molecule has 0 heterocycles. The number of phenols is 1. The van der Waals surface area contributed by atoms with E-state index in [1.165, 1.54) is 12.1 Å². The summed E-state index contributed by atoms with van der Waals surface area (Å²) in [7, 11) is 0. The van der Waals surface area contributed by atoms with Crippen LogP contribution in [0.4, 0.5) is 4.39 Å². The fraction of sp³-hybridized carbons (Fsp3) is 0.400. The molecule has 0 aromatic heterocycles. The van der Waals surface area contributed by atoms with E-state index in [0.717, 1.165) is 18.9 Å². The first-order valence-corrected chi connectivity index (χ1v) is 4.39. The van der Waals surface area contributed by atoms with Crippen LogP contribution in [-0.2, 0) is 0 Å². The van der Waals surface area contributed by atoms with Gasteiger partial charge < -0.3 is 10.8 Å². The molecule has 0 unspecified atom stereocenters. The Bertz CT molecular complexity index is 293. The summed E-state index contributed by atoms with van der Waals surface area (Å²) >= 11 is 0. The molecule has 0 radical (unpaired) electrons. The molecule has 3 N–H and O–H groups in total. The number of aromatic hydroxyl groups is 1. The molecule has 4 heteroatoms. The van der Waals surface area contributed by atoms with Gasteiger partial charge in [0.2, 0.25) is 0 Å². The van der Waals surface area contributed by atoms with Crippen molar-refractivity contribution in [3.63, 3.8) is 0 Å². The Morgan fingerprint density at radius 3 is 2.64 bits per heavy atom. The minimum absolute atomic E-state index is 0. The third kappa shape index (κ3) is 3.16. The van der Waals surface area contributed by atoms with Crippen molar-refractivity contribution in [2.75, 3.05) is 0 Å². The monoisotopic (exact) mass is 219 g/mol. The van der Waals surface area contributed by atoms with Crippen LogP contribution in [-0.4, -0.2) is 5.11 Å². The Kier molecular flexibility index (Phi) is 5.50. The minimum Gasteiger partial charge on any atom is -0.508 e. The number of benzene rings is 1. The SMILES string of the molecule is CCC[C@H](N)c1ccc(O)cc1F.Cl. The van der Waals surface area contributed by atoms with Crippen LogP contribution in [0, 0.1) is 5.82 Å². The van der Waals surface area contributed by atoms with Crippen LogP contribution in [0.3, 0.4) is 0 Å². The number of hydrogen-bond donors (Lipinski definition) is 2. The van der Waals surface area contributed by atoms with Gasteiger partial charge in [-0.3, -0.25) is 0 Å². The second-order valence-electron chi connectivity index (χ2n) is 3.10. The number of hydrogen-bond acceptors (Lipinski definition) is 2. The zero-order chi connectivity index (χ0) is 9.84. The quantitative estimate of drug-likeness (QED) is 0.821. The number of rotatable bonds is 3. The zero-order valence-electron chi connectivity index (χ0n) is 8.03. The van der Waals surface area contributed by atoms with Crippen molar-refractivity contribution in [3.8, 4) is 5.75 Å². The molecule has 1 atom stereocenters. The average molecular weight is 220 g/mol. The molecule has 0 spiro atoms. The van der Waals surface area contributed by atoms with Crippen molar-refractivity contribution < 1.29 is 9.50 Å². The van der Waals surface area contributed by atoms with Crippen molar-refractivity contribution in [2.24, 2.45) is 5.73 Å². The van der Waals surface area contributed by atoms with Gasteiger partial charge in [0.1, 0.15) is 11.6 Å². The topological polar surface area (TPSA) is 46.2 Å². The van der Waals surface area contributed by atoms with E-state index >= 15 is 0 Å². The predicted molar refractivity (Wildman–Crippen MR) is 57.1 cm³/mol. The average Bonchev–Trinajstić information content (AvgIpc) is 2.04. The summed E-state index contributed by atoms with van der Waals surface area (Å²) in [5.74, 6) is -0.495. The fourth-order valence-electron chi connectivity index (χ4n) is 1.28.